The number of hydrogen-bond donors (Lipinski definition) is 0. The topological polar surface area (TPSA) is 9.23 Å². The molecule has 1 fully saturated rings. The Morgan fingerprint density at radius 2 is 2.06 bits per heavy atom. The molecule has 1 nitrogen and oxygen atoms in total. The van der Waals surface area contributed by atoms with Crippen molar-refractivity contribution in [3.05, 3.63) is 28.5 Å². The Hall–Kier alpha value is -0.0900. The minimum absolute atomic E-state index is 0.202. The van der Waals surface area contributed by atoms with Gasteiger partial charge in [0.15, 0.2) is 0 Å². The van der Waals surface area contributed by atoms with Gasteiger partial charge in [-0.05, 0) is 53.4 Å². The lowest BCUT2D eigenvalue weighted by molar-refractivity contribution is -0.0415. The Morgan fingerprint density at radius 3 is 2.56 bits per heavy atom. The molecule has 0 spiro atoms. The maximum Gasteiger partial charge on any atom is 0.134 e. The highest BCUT2D eigenvalue weighted by Crippen LogP contribution is 2.53. The first-order valence-corrected chi connectivity index (χ1v) is 8.00. The van der Waals surface area contributed by atoms with Gasteiger partial charge < -0.3 is 4.74 Å². The molecular formula is C14H17Br2FO. The van der Waals surface area contributed by atoms with Gasteiger partial charge in [0.1, 0.15) is 17.7 Å². The third-order valence-corrected chi connectivity index (χ3v) is 6.07. The van der Waals surface area contributed by atoms with Crippen molar-refractivity contribution in [2.75, 3.05) is 0 Å². The fourth-order valence-electron chi connectivity index (χ4n) is 2.74. The zero-order valence-electron chi connectivity index (χ0n) is 10.6. The Balaban J connectivity index is 2.15. The fraction of sp³-hybridized carbons (Fsp3) is 0.571. The molecule has 4 heteroatoms. The van der Waals surface area contributed by atoms with Gasteiger partial charge in [0, 0.05) is 10.2 Å². The van der Waals surface area contributed by atoms with Gasteiger partial charge in [-0.3, -0.25) is 0 Å². The molecule has 0 heterocycles. The summed E-state index contributed by atoms with van der Waals surface area (Å²) >= 11 is 7.09. The molecule has 100 valence electrons. The highest BCUT2D eigenvalue weighted by atomic mass is 79.9. The van der Waals surface area contributed by atoms with Gasteiger partial charge in [-0.2, -0.15) is 0 Å². The predicted octanol–water partition coefficient (Wildman–Crippen LogP) is 5.31. The van der Waals surface area contributed by atoms with E-state index in [1.807, 2.05) is 0 Å². The van der Waals surface area contributed by atoms with Crippen LogP contribution in [-0.4, -0.2) is 10.9 Å². The Kier molecular flexibility index (Phi) is 4.37. The van der Waals surface area contributed by atoms with Crippen molar-refractivity contribution in [3.63, 3.8) is 0 Å². The molecule has 2 unspecified atom stereocenters. The smallest absolute Gasteiger partial charge is 0.134 e. The van der Waals surface area contributed by atoms with Crippen LogP contribution in [0.15, 0.2) is 22.7 Å². The van der Waals surface area contributed by atoms with Crippen molar-refractivity contribution in [2.45, 2.75) is 44.0 Å². The molecule has 0 N–H and O–H groups in total. The van der Waals surface area contributed by atoms with E-state index in [0.717, 1.165) is 25.0 Å². The third-order valence-electron chi connectivity index (χ3n) is 4.17. The maximum atomic E-state index is 13.0. The average molecular weight is 380 g/mol. The first kappa shape index (κ1) is 14.3. The zero-order chi connectivity index (χ0) is 13.3. The van der Waals surface area contributed by atoms with Crippen LogP contribution in [0, 0.1) is 11.2 Å². The van der Waals surface area contributed by atoms with Crippen molar-refractivity contribution in [1.29, 1.82) is 0 Å². The molecule has 1 aliphatic rings. The Labute approximate surface area is 124 Å². The lowest BCUT2D eigenvalue weighted by Crippen LogP contribution is -2.56. The lowest BCUT2D eigenvalue weighted by atomic mass is 9.62. The highest BCUT2D eigenvalue weighted by Gasteiger charge is 2.53. The number of alkyl halides is 1. The first-order chi connectivity index (χ1) is 8.53. The van der Waals surface area contributed by atoms with E-state index in [1.54, 1.807) is 6.07 Å². The summed E-state index contributed by atoms with van der Waals surface area (Å²) in [5.74, 6) is 0.477. The van der Waals surface area contributed by atoms with Crippen molar-refractivity contribution in [2.24, 2.45) is 5.41 Å². The van der Waals surface area contributed by atoms with Crippen molar-refractivity contribution < 1.29 is 9.13 Å². The number of benzene rings is 1. The lowest BCUT2D eigenvalue weighted by Gasteiger charge is -2.52. The SMILES string of the molecule is CCC1(CC)C(Br)CC1Oc1ccc(F)cc1Br. The molecule has 0 saturated heterocycles. The molecule has 1 aliphatic carbocycles. The van der Waals surface area contributed by atoms with E-state index in [2.05, 4.69) is 45.7 Å². The highest BCUT2D eigenvalue weighted by molar-refractivity contribution is 9.10. The first-order valence-electron chi connectivity index (χ1n) is 6.29. The molecule has 1 aromatic carbocycles. The van der Waals surface area contributed by atoms with Gasteiger partial charge in [-0.1, -0.05) is 29.8 Å². The summed E-state index contributed by atoms with van der Waals surface area (Å²) in [5.41, 5.74) is 0.202. The molecular weight excluding hydrogens is 363 g/mol. The summed E-state index contributed by atoms with van der Waals surface area (Å²) in [6.07, 6.45) is 3.38. The van der Waals surface area contributed by atoms with Crippen LogP contribution in [0.4, 0.5) is 4.39 Å². The second-order valence-corrected chi connectivity index (χ2v) is 6.78. The van der Waals surface area contributed by atoms with Crippen LogP contribution in [-0.2, 0) is 0 Å². The normalized spacial score (nSPS) is 25.6. The standard InChI is InChI=1S/C14H17Br2FO/c1-3-14(4-2)12(16)8-13(14)18-11-6-5-9(17)7-10(11)15/h5-7,12-13H,3-4,8H2,1-2H3. The molecule has 0 aliphatic heterocycles. The summed E-state index contributed by atoms with van der Waals surface area (Å²) in [5, 5.41) is 0. The van der Waals surface area contributed by atoms with Crippen LogP contribution >= 0.6 is 31.9 Å². The molecule has 0 amide bonds. The van der Waals surface area contributed by atoms with Gasteiger partial charge in [-0.25, -0.2) is 4.39 Å². The van der Waals surface area contributed by atoms with Crippen molar-refractivity contribution >= 4 is 31.9 Å². The van der Waals surface area contributed by atoms with Crippen LogP contribution < -0.4 is 4.74 Å². The molecule has 0 aromatic heterocycles. The van der Waals surface area contributed by atoms with Gasteiger partial charge in [0.2, 0.25) is 0 Å². The minimum atomic E-state index is -0.251. The molecule has 18 heavy (non-hydrogen) atoms. The van der Waals surface area contributed by atoms with Crippen LogP contribution in [0.2, 0.25) is 0 Å². The summed E-state index contributed by atoms with van der Waals surface area (Å²) in [4.78, 5) is 0.518. The van der Waals surface area contributed by atoms with Crippen molar-refractivity contribution in [1.82, 2.24) is 0 Å². The molecule has 0 radical (unpaired) electrons. The van der Waals surface area contributed by atoms with E-state index >= 15 is 0 Å². The largest absolute Gasteiger partial charge is 0.489 e. The summed E-state index contributed by atoms with van der Waals surface area (Å²) in [6, 6.07) is 4.57. The summed E-state index contributed by atoms with van der Waals surface area (Å²) in [6.45, 7) is 4.40. The Morgan fingerprint density at radius 1 is 1.39 bits per heavy atom. The average Bonchev–Trinajstić information content (AvgIpc) is 2.33. The monoisotopic (exact) mass is 378 g/mol. The molecule has 2 rings (SSSR count). The van der Waals surface area contributed by atoms with Gasteiger partial charge >= 0.3 is 0 Å². The second-order valence-electron chi connectivity index (χ2n) is 4.82. The molecule has 1 aromatic rings. The van der Waals surface area contributed by atoms with E-state index in [9.17, 15) is 4.39 Å². The second kappa shape index (κ2) is 5.49. The van der Waals surface area contributed by atoms with E-state index in [-0.39, 0.29) is 17.3 Å². The Bertz CT molecular complexity index is 432. The number of halogens is 3. The van der Waals surface area contributed by atoms with Gasteiger partial charge in [0.05, 0.1) is 4.47 Å². The van der Waals surface area contributed by atoms with Crippen LogP contribution in [0.3, 0.4) is 0 Å². The molecule has 0 bridgehead atoms. The molecule has 1 saturated carbocycles. The van der Waals surface area contributed by atoms with E-state index in [0.29, 0.717) is 9.30 Å². The summed E-state index contributed by atoms with van der Waals surface area (Å²) in [7, 11) is 0. The minimum Gasteiger partial charge on any atom is -0.489 e. The van der Waals surface area contributed by atoms with Crippen LogP contribution in [0.5, 0.6) is 5.75 Å². The molecule has 2 atom stereocenters. The third kappa shape index (κ3) is 2.34. The van der Waals surface area contributed by atoms with Crippen molar-refractivity contribution in [3.8, 4) is 5.75 Å². The predicted molar refractivity (Wildman–Crippen MR) is 78.9 cm³/mol. The zero-order valence-corrected chi connectivity index (χ0v) is 13.7. The van der Waals surface area contributed by atoms with E-state index in [4.69, 9.17) is 4.74 Å². The van der Waals surface area contributed by atoms with Crippen LogP contribution in [0.1, 0.15) is 33.1 Å². The number of hydrogen-bond acceptors (Lipinski definition) is 1. The maximum absolute atomic E-state index is 13.0. The number of rotatable bonds is 4. The summed E-state index contributed by atoms with van der Waals surface area (Å²) < 4.78 is 19.8. The fourth-order valence-corrected chi connectivity index (χ4v) is 4.46. The van der Waals surface area contributed by atoms with E-state index in [1.165, 1.54) is 12.1 Å². The van der Waals surface area contributed by atoms with Gasteiger partial charge in [-0.15, -0.1) is 0 Å². The van der Waals surface area contributed by atoms with Crippen LogP contribution in [0.25, 0.3) is 0 Å². The van der Waals surface area contributed by atoms with E-state index < -0.39 is 0 Å². The number of ether oxygens (including phenoxy) is 1. The van der Waals surface area contributed by atoms with Gasteiger partial charge in [0.25, 0.3) is 0 Å². The quantitative estimate of drug-likeness (QED) is 0.644.